The van der Waals surface area contributed by atoms with Crippen LogP contribution in [0, 0.1) is 0 Å². The number of thiophene rings is 1. The van der Waals surface area contributed by atoms with Crippen LogP contribution in [-0.4, -0.2) is 8.42 Å². The van der Waals surface area contributed by atoms with E-state index in [1.165, 1.54) is 0 Å². The fraction of sp³-hybridized carbons (Fsp3) is 0.0909. The van der Waals surface area contributed by atoms with Crippen LogP contribution < -0.4 is 15.2 Å². The summed E-state index contributed by atoms with van der Waals surface area (Å²) in [6.07, 6.45) is 0. The lowest BCUT2D eigenvalue weighted by Crippen LogP contribution is -2.21. The minimum Gasteiger partial charge on any atom is -0.380 e. The van der Waals surface area contributed by atoms with Crippen molar-refractivity contribution in [3.05, 3.63) is 43.5 Å². The van der Waals surface area contributed by atoms with Crippen LogP contribution in [0.5, 0.6) is 0 Å². The lowest BCUT2D eigenvalue weighted by atomic mass is 10.3. The van der Waals surface area contributed by atoms with Gasteiger partial charge in [-0.25, -0.2) is 5.14 Å². The molecule has 0 atom stereocenters. The van der Waals surface area contributed by atoms with Crippen LogP contribution in [0.2, 0.25) is 0 Å². The Morgan fingerprint density at radius 2 is 1.90 bits per heavy atom. The van der Waals surface area contributed by atoms with Crippen molar-refractivity contribution < 1.29 is 8.42 Å². The topological polar surface area (TPSA) is 84.2 Å². The van der Waals surface area contributed by atoms with Crippen LogP contribution >= 0.6 is 43.2 Å². The van der Waals surface area contributed by atoms with E-state index in [9.17, 15) is 8.42 Å². The normalized spacial score (nSPS) is 11.3. The Morgan fingerprint density at radius 1 is 1.20 bits per heavy atom. The molecule has 0 aliphatic rings. The average Bonchev–Trinajstić information content (AvgIpc) is 2.65. The van der Waals surface area contributed by atoms with Crippen molar-refractivity contribution in [2.45, 2.75) is 6.54 Å². The molecule has 0 unspecified atom stereocenters. The van der Waals surface area contributed by atoms with E-state index in [-0.39, 0.29) is 0 Å². The summed E-state index contributed by atoms with van der Waals surface area (Å²) in [5.41, 5.74) is 1.23. The SMILES string of the molecule is NS(=O)(=O)Nc1cccc(NCc2cc(Br)c(Br)s2)c1. The van der Waals surface area contributed by atoms with Gasteiger partial charge in [0.2, 0.25) is 0 Å². The van der Waals surface area contributed by atoms with E-state index in [2.05, 4.69) is 41.9 Å². The van der Waals surface area contributed by atoms with Crippen molar-refractivity contribution in [2.24, 2.45) is 5.14 Å². The molecule has 20 heavy (non-hydrogen) atoms. The monoisotopic (exact) mass is 439 g/mol. The number of rotatable bonds is 5. The minimum absolute atomic E-state index is 0.422. The number of nitrogens with one attached hydrogen (secondary N) is 2. The Bertz CT molecular complexity index is 697. The number of nitrogens with two attached hydrogens (primary N) is 1. The second-order valence-corrected chi connectivity index (χ2v) is 8.52. The van der Waals surface area contributed by atoms with E-state index in [4.69, 9.17) is 5.14 Å². The Hall–Kier alpha value is -0.610. The van der Waals surface area contributed by atoms with Crippen molar-refractivity contribution in [2.75, 3.05) is 10.0 Å². The fourth-order valence-corrected chi connectivity index (χ4v) is 4.10. The molecule has 9 heteroatoms. The smallest absolute Gasteiger partial charge is 0.296 e. The lowest BCUT2D eigenvalue weighted by Gasteiger charge is -2.08. The van der Waals surface area contributed by atoms with Gasteiger partial charge in [0.05, 0.1) is 9.47 Å². The Labute approximate surface area is 138 Å². The third kappa shape index (κ3) is 4.74. The van der Waals surface area contributed by atoms with Crippen LogP contribution in [0.1, 0.15) is 4.88 Å². The molecule has 0 amide bonds. The highest BCUT2D eigenvalue weighted by atomic mass is 79.9. The highest BCUT2D eigenvalue weighted by Crippen LogP contribution is 2.32. The van der Waals surface area contributed by atoms with Crippen LogP contribution in [0.15, 0.2) is 38.6 Å². The number of hydrogen-bond acceptors (Lipinski definition) is 4. The molecule has 1 aromatic carbocycles. The van der Waals surface area contributed by atoms with Gasteiger partial charge < -0.3 is 5.32 Å². The van der Waals surface area contributed by atoms with E-state index in [1.54, 1.807) is 29.5 Å². The molecule has 0 spiro atoms. The molecule has 4 N–H and O–H groups in total. The molecule has 0 bridgehead atoms. The third-order valence-electron chi connectivity index (χ3n) is 2.29. The van der Waals surface area contributed by atoms with E-state index in [1.807, 2.05) is 12.1 Å². The molecular formula is C11H11Br2N3O2S2. The van der Waals surface area contributed by atoms with Gasteiger partial charge in [0.1, 0.15) is 0 Å². The van der Waals surface area contributed by atoms with Gasteiger partial charge in [0.15, 0.2) is 0 Å². The number of benzene rings is 1. The van der Waals surface area contributed by atoms with Crippen molar-refractivity contribution >= 4 is 64.8 Å². The van der Waals surface area contributed by atoms with Crippen molar-refractivity contribution in [1.82, 2.24) is 0 Å². The highest BCUT2D eigenvalue weighted by molar-refractivity contribution is 9.13. The molecule has 2 rings (SSSR count). The summed E-state index contributed by atoms with van der Waals surface area (Å²) in [4.78, 5) is 1.15. The molecule has 0 aliphatic heterocycles. The Balaban J connectivity index is 2.04. The first-order chi connectivity index (χ1) is 9.33. The largest absolute Gasteiger partial charge is 0.380 e. The summed E-state index contributed by atoms with van der Waals surface area (Å²) in [5, 5.41) is 8.15. The van der Waals surface area contributed by atoms with Crippen LogP contribution in [-0.2, 0) is 16.8 Å². The van der Waals surface area contributed by atoms with Gasteiger partial charge in [-0.05, 0) is 56.1 Å². The lowest BCUT2D eigenvalue weighted by molar-refractivity contribution is 0.603. The molecule has 0 saturated carbocycles. The third-order valence-corrected chi connectivity index (χ3v) is 6.06. The standard InChI is InChI=1S/C11H11Br2N3O2S2/c12-10-5-9(19-11(10)13)6-15-7-2-1-3-8(4-7)16-20(14,17)18/h1-5,15-16H,6H2,(H2,14,17,18). The van der Waals surface area contributed by atoms with Crippen LogP contribution in [0.25, 0.3) is 0 Å². The quantitative estimate of drug-likeness (QED) is 0.665. The molecular weight excluding hydrogens is 430 g/mol. The maximum absolute atomic E-state index is 11.0. The van der Waals surface area contributed by atoms with Gasteiger partial charge in [-0.2, -0.15) is 8.42 Å². The number of halogens is 2. The van der Waals surface area contributed by atoms with E-state index in [0.29, 0.717) is 12.2 Å². The van der Waals surface area contributed by atoms with Gasteiger partial charge in [-0.3, -0.25) is 4.72 Å². The molecule has 108 valence electrons. The van der Waals surface area contributed by atoms with Crippen molar-refractivity contribution in [3.8, 4) is 0 Å². The maximum Gasteiger partial charge on any atom is 0.296 e. The molecule has 0 radical (unpaired) electrons. The molecule has 0 saturated heterocycles. The summed E-state index contributed by atoms with van der Waals surface area (Å²) in [6.45, 7) is 0.647. The Morgan fingerprint density at radius 3 is 2.50 bits per heavy atom. The molecule has 0 fully saturated rings. The van der Waals surface area contributed by atoms with Gasteiger partial charge in [0, 0.05) is 21.6 Å². The first kappa shape index (κ1) is 15.8. The number of hydrogen-bond donors (Lipinski definition) is 3. The molecule has 0 aliphatic carbocycles. The predicted molar refractivity (Wildman–Crippen MR) is 90.2 cm³/mol. The zero-order valence-corrected chi connectivity index (χ0v) is 14.9. The molecule has 1 heterocycles. The minimum atomic E-state index is -3.75. The fourth-order valence-electron chi connectivity index (χ4n) is 1.52. The summed E-state index contributed by atoms with van der Waals surface area (Å²) in [5.74, 6) is 0. The summed E-state index contributed by atoms with van der Waals surface area (Å²) in [7, 11) is -3.75. The van der Waals surface area contributed by atoms with Gasteiger partial charge in [-0.1, -0.05) is 6.07 Å². The summed E-state index contributed by atoms with van der Waals surface area (Å²) >= 11 is 8.50. The van der Waals surface area contributed by atoms with Crippen LogP contribution in [0.4, 0.5) is 11.4 Å². The van der Waals surface area contributed by atoms with Gasteiger partial charge in [-0.15, -0.1) is 11.3 Å². The molecule has 1 aromatic heterocycles. The average molecular weight is 441 g/mol. The summed E-state index contributed by atoms with van der Waals surface area (Å²) in [6, 6.07) is 8.94. The van der Waals surface area contributed by atoms with E-state index >= 15 is 0 Å². The molecule has 5 nitrogen and oxygen atoms in total. The zero-order valence-electron chi connectivity index (χ0n) is 10.1. The second-order valence-electron chi connectivity index (χ2n) is 3.92. The summed E-state index contributed by atoms with van der Waals surface area (Å²) < 4.78 is 26.2. The molecule has 2 aromatic rings. The van der Waals surface area contributed by atoms with Gasteiger partial charge >= 0.3 is 0 Å². The Kier molecular flexibility index (Phi) is 5.08. The van der Waals surface area contributed by atoms with Crippen LogP contribution in [0.3, 0.4) is 0 Å². The van der Waals surface area contributed by atoms with E-state index < -0.39 is 10.2 Å². The second kappa shape index (κ2) is 6.44. The van der Waals surface area contributed by atoms with E-state index in [0.717, 1.165) is 18.8 Å². The predicted octanol–water partition coefficient (Wildman–Crippen LogP) is 3.50. The maximum atomic E-state index is 11.0. The highest BCUT2D eigenvalue weighted by Gasteiger charge is 2.05. The van der Waals surface area contributed by atoms with Crippen molar-refractivity contribution in [1.29, 1.82) is 0 Å². The zero-order chi connectivity index (χ0) is 14.8. The first-order valence-electron chi connectivity index (χ1n) is 5.42. The number of anilines is 2. The van der Waals surface area contributed by atoms with Crippen molar-refractivity contribution in [3.63, 3.8) is 0 Å². The first-order valence-corrected chi connectivity index (χ1v) is 9.36. The van der Waals surface area contributed by atoms with Gasteiger partial charge in [0.25, 0.3) is 10.2 Å².